The molecule has 25 heavy (non-hydrogen) atoms. The number of nitrogen functional groups attached to an aromatic ring is 1. The molecule has 0 saturated carbocycles. The van der Waals surface area contributed by atoms with Crippen LogP contribution in [0.25, 0.3) is 5.57 Å². The molecule has 0 aliphatic carbocycles. The van der Waals surface area contributed by atoms with E-state index in [2.05, 4.69) is 15.3 Å². The molecule has 0 saturated heterocycles. The first kappa shape index (κ1) is 16.6. The number of aryl methyl sites for hydroxylation is 1. The van der Waals surface area contributed by atoms with Gasteiger partial charge < -0.3 is 22.2 Å². The van der Waals surface area contributed by atoms with E-state index >= 15 is 0 Å². The molecule has 2 aromatic rings. The summed E-state index contributed by atoms with van der Waals surface area (Å²) < 4.78 is 13.7. The summed E-state index contributed by atoms with van der Waals surface area (Å²) >= 11 is 0. The lowest BCUT2D eigenvalue weighted by Gasteiger charge is -2.27. The molecule has 3 rings (SSSR count). The molecule has 1 atom stereocenters. The second-order valence-corrected chi connectivity index (χ2v) is 5.72. The Balaban J connectivity index is 2.10. The van der Waals surface area contributed by atoms with Gasteiger partial charge >= 0.3 is 0 Å². The Morgan fingerprint density at radius 3 is 2.88 bits per heavy atom. The SMILES string of the molecule is Cc1nc(N)nc2c1C(=O)NC(c1ccc(F)cc1/C(C=N)=C/N)C2. The Hall–Kier alpha value is -3.29. The molecule has 8 heteroatoms. The smallest absolute Gasteiger partial charge is 0.255 e. The maximum atomic E-state index is 13.7. The number of carbonyl (C=O) groups is 1. The summed E-state index contributed by atoms with van der Waals surface area (Å²) in [5.74, 6) is -0.664. The maximum absolute atomic E-state index is 13.7. The predicted octanol–water partition coefficient (Wildman–Crippen LogP) is 1.48. The Labute approximate surface area is 143 Å². The van der Waals surface area contributed by atoms with Crippen LogP contribution in [0.5, 0.6) is 0 Å². The van der Waals surface area contributed by atoms with Crippen LogP contribution in [0.3, 0.4) is 0 Å². The largest absolute Gasteiger partial charge is 0.404 e. The molecule has 0 bridgehead atoms. The molecule has 0 radical (unpaired) electrons. The summed E-state index contributed by atoms with van der Waals surface area (Å²) in [6, 6.07) is 3.72. The van der Waals surface area contributed by atoms with Crippen molar-refractivity contribution in [1.29, 1.82) is 5.41 Å². The van der Waals surface area contributed by atoms with Crippen molar-refractivity contribution < 1.29 is 9.18 Å². The summed E-state index contributed by atoms with van der Waals surface area (Å²) in [5.41, 5.74) is 14.2. The van der Waals surface area contributed by atoms with Crippen molar-refractivity contribution in [3.63, 3.8) is 0 Å². The van der Waals surface area contributed by atoms with Gasteiger partial charge in [-0.05, 0) is 30.2 Å². The van der Waals surface area contributed by atoms with Gasteiger partial charge in [0.05, 0.1) is 23.0 Å². The van der Waals surface area contributed by atoms with Crippen molar-refractivity contribution in [3.8, 4) is 0 Å². The topological polar surface area (TPSA) is 131 Å². The van der Waals surface area contributed by atoms with Crippen molar-refractivity contribution in [1.82, 2.24) is 15.3 Å². The number of hydrogen-bond donors (Lipinski definition) is 4. The molecule has 0 spiro atoms. The van der Waals surface area contributed by atoms with Gasteiger partial charge in [0.25, 0.3) is 5.91 Å². The fourth-order valence-electron chi connectivity index (χ4n) is 3.06. The monoisotopic (exact) mass is 340 g/mol. The van der Waals surface area contributed by atoms with Gasteiger partial charge in [0.15, 0.2) is 0 Å². The summed E-state index contributed by atoms with van der Waals surface area (Å²) in [4.78, 5) is 20.7. The second kappa shape index (κ2) is 6.31. The van der Waals surface area contributed by atoms with E-state index in [9.17, 15) is 9.18 Å². The molecular weight excluding hydrogens is 323 g/mol. The number of amides is 1. The zero-order chi connectivity index (χ0) is 18.1. The molecular formula is C17H17FN6O. The number of benzene rings is 1. The van der Waals surface area contributed by atoms with Crippen molar-refractivity contribution >= 4 is 23.6 Å². The van der Waals surface area contributed by atoms with Gasteiger partial charge in [-0.2, -0.15) is 0 Å². The summed E-state index contributed by atoms with van der Waals surface area (Å²) in [6.07, 6.45) is 2.65. The lowest BCUT2D eigenvalue weighted by molar-refractivity contribution is 0.0922. The lowest BCUT2D eigenvalue weighted by atomic mass is 9.89. The van der Waals surface area contributed by atoms with Gasteiger partial charge in [-0.15, -0.1) is 0 Å². The molecule has 0 fully saturated rings. The molecule has 1 aliphatic heterocycles. The molecule has 1 aromatic carbocycles. The van der Waals surface area contributed by atoms with Gasteiger partial charge in [0, 0.05) is 24.4 Å². The molecule has 2 heterocycles. The van der Waals surface area contributed by atoms with Crippen molar-refractivity contribution in [3.05, 3.63) is 58.3 Å². The van der Waals surface area contributed by atoms with Crippen molar-refractivity contribution in [2.24, 2.45) is 5.73 Å². The molecule has 1 aliphatic rings. The van der Waals surface area contributed by atoms with Crippen LogP contribution >= 0.6 is 0 Å². The van der Waals surface area contributed by atoms with Gasteiger partial charge in [-0.3, -0.25) is 4.79 Å². The molecule has 1 unspecified atom stereocenters. The Kier molecular flexibility index (Phi) is 4.18. The minimum atomic E-state index is -0.454. The lowest BCUT2D eigenvalue weighted by Crippen LogP contribution is -2.37. The van der Waals surface area contributed by atoms with Gasteiger partial charge in [0.1, 0.15) is 5.82 Å². The number of nitrogens with zero attached hydrogens (tertiary/aromatic N) is 2. The third-order valence-electron chi connectivity index (χ3n) is 4.15. The number of nitrogens with one attached hydrogen (secondary N) is 2. The first-order chi connectivity index (χ1) is 11.9. The second-order valence-electron chi connectivity index (χ2n) is 5.72. The number of fused-ring (bicyclic) bond motifs is 1. The average Bonchev–Trinajstić information content (AvgIpc) is 2.55. The summed E-state index contributed by atoms with van der Waals surface area (Å²) in [5, 5.41) is 10.4. The van der Waals surface area contributed by atoms with Crippen LogP contribution in [-0.2, 0) is 6.42 Å². The van der Waals surface area contributed by atoms with Crippen molar-refractivity contribution in [2.75, 3.05) is 5.73 Å². The number of anilines is 1. The van der Waals surface area contributed by atoms with Crippen LogP contribution in [0, 0.1) is 18.2 Å². The summed E-state index contributed by atoms with van der Waals surface area (Å²) in [7, 11) is 0. The van der Waals surface area contributed by atoms with E-state index in [1.807, 2.05) is 0 Å². The van der Waals surface area contributed by atoms with E-state index < -0.39 is 11.9 Å². The van der Waals surface area contributed by atoms with Crippen LogP contribution in [0.2, 0.25) is 0 Å². The molecule has 1 aromatic heterocycles. The van der Waals surface area contributed by atoms with Crippen LogP contribution in [0.15, 0.2) is 24.4 Å². The third-order valence-corrected chi connectivity index (χ3v) is 4.15. The number of aromatic nitrogens is 2. The highest BCUT2D eigenvalue weighted by Crippen LogP contribution is 2.31. The van der Waals surface area contributed by atoms with Gasteiger partial charge in [-0.1, -0.05) is 6.07 Å². The minimum absolute atomic E-state index is 0.103. The third kappa shape index (κ3) is 2.93. The fourth-order valence-corrected chi connectivity index (χ4v) is 3.06. The highest BCUT2D eigenvalue weighted by atomic mass is 19.1. The van der Waals surface area contributed by atoms with Crippen LogP contribution in [-0.4, -0.2) is 22.1 Å². The standard InChI is InChI=1S/C17H17FN6O/c1-8-15-14(24-17(21)22-8)5-13(23-16(15)25)11-3-2-10(18)4-12(11)9(6-19)7-20/h2-4,6-7,13,19H,5,20H2,1H3,(H,23,25)(H2,21,22,24)/b9-7+,19-6?. The van der Waals surface area contributed by atoms with E-state index in [4.69, 9.17) is 16.9 Å². The highest BCUT2D eigenvalue weighted by Gasteiger charge is 2.30. The quantitative estimate of drug-likeness (QED) is 0.629. The number of allylic oxidation sites excluding steroid dienone is 1. The predicted molar refractivity (Wildman–Crippen MR) is 92.4 cm³/mol. The van der Waals surface area contributed by atoms with Crippen LogP contribution in [0.4, 0.5) is 10.3 Å². The first-order valence-corrected chi connectivity index (χ1v) is 7.60. The molecule has 128 valence electrons. The number of halogens is 1. The van der Waals surface area contributed by atoms with Gasteiger partial charge in [-0.25, -0.2) is 14.4 Å². The van der Waals surface area contributed by atoms with Crippen LogP contribution < -0.4 is 16.8 Å². The summed E-state index contributed by atoms with van der Waals surface area (Å²) in [6.45, 7) is 1.70. The number of nitrogens with two attached hydrogens (primary N) is 2. The maximum Gasteiger partial charge on any atom is 0.255 e. The average molecular weight is 340 g/mol. The molecule has 1 amide bonds. The minimum Gasteiger partial charge on any atom is -0.404 e. The fraction of sp³-hybridized carbons (Fsp3) is 0.176. The number of carbonyl (C=O) groups excluding carboxylic acids is 1. The molecule has 7 nitrogen and oxygen atoms in total. The number of rotatable bonds is 3. The van der Waals surface area contributed by atoms with E-state index in [1.54, 1.807) is 13.0 Å². The van der Waals surface area contributed by atoms with E-state index in [1.165, 1.54) is 18.3 Å². The molecule has 6 N–H and O–H groups in total. The van der Waals surface area contributed by atoms with Crippen molar-refractivity contribution in [2.45, 2.75) is 19.4 Å². The zero-order valence-corrected chi connectivity index (χ0v) is 13.5. The van der Waals surface area contributed by atoms with E-state index in [0.717, 1.165) is 6.21 Å². The first-order valence-electron chi connectivity index (χ1n) is 7.60. The van der Waals surface area contributed by atoms with Crippen LogP contribution in [0.1, 0.15) is 38.9 Å². The Bertz CT molecular complexity index is 908. The number of hydrogen-bond acceptors (Lipinski definition) is 6. The Morgan fingerprint density at radius 1 is 1.44 bits per heavy atom. The zero-order valence-electron chi connectivity index (χ0n) is 13.5. The Morgan fingerprint density at radius 2 is 2.20 bits per heavy atom. The van der Waals surface area contributed by atoms with Gasteiger partial charge in [0.2, 0.25) is 5.95 Å². The van der Waals surface area contributed by atoms with E-state index in [-0.39, 0.29) is 11.9 Å². The highest BCUT2D eigenvalue weighted by molar-refractivity contribution is 6.09. The normalized spacial score (nSPS) is 17.0. The van der Waals surface area contributed by atoms with E-state index in [0.29, 0.717) is 40.1 Å².